The van der Waals surface area contributed by atoms with E-state index in [1.54, 1.807) is 36.4 Å². The Kier molecular flexibility index (Phi) is 6.65. The van der Waals surface area contributed by atoms with Gasteiger partial charge < -0.3 is 5.32 Å². The Morgan fingerprint density at radius 2 is 1.86 bits per heavy atom. The van der Waals surface area contributed by atoms with Crippen molar-refractivity contribution in [1.82, 2.24) is 5.32 Å². The van der Waals surface area contributed by atoms with Crippen LogP contribution in [0.2, 0.25) is 0 Å². The number of anilines is 1. The molecule has 1 N–H and O–H groups in total. The lowest BCUT2D eigenvalue weighted by atomic mass is 10.2. The van der Waals surface area contributed by atoms with Crippen LogP contribution in [0.4, 0.5) is 5.69 Å². The highest BCUT2D eigenvalue weighted by Gasteiger charge is 2.22. The first-order valence-corrected chi connectivity index (χ1v) is 12.4. The lowest BCUT2D eigenvalue weighted by Crippen LogP contribution is -2.31. The van der Waals surface area contributed by atoms with Crippen molar-refractivity contribution in [2.24, 2.45) is 0 Å². The van der Waals surface area contributed by atoms with Crippen molar-refractivity contribution in [1.29, 1.82) is 0 Å². The average Bonchev–Trinajstić information content (AvgIpc) is 3.11. The summed E-state index contributed by atoms with van der Waals surface area (Å²) >= 11 is 4.72. The molecule has 5 nitrogen and oxygen atoms in total. The SMILES string of the molecule is CCC[C@H](C)NC(=O)c1cc2cc(N(C)S(=O)(=O)c3ccc(Br)cc3)ccc2s1. The monoisotopic (exact) mass is 494 g/mol. The number of thiophene rings is 1. The van der Waals surface area contributed by atoms with Gasteiger partial charge in [0, 0.05) is 22.3 Å². The second kappa shape index (κ2) is 8.85. The van der Waals surface area contributed by atoms with E-state index in [9.17, 15) is 13.2 Å². The number of benzene rings is 2. The summed E-state index contributed by atoms with van der Waals surface area (Å²) in [5.74, 6) is -0.0930. The van der Waals surface area contributed by atoms with Crippen molar-refractivity contribution < 1.29 is 13.2 Å². The molecule has 0 aliphatic rings. The number of hydrogen-bond donors (Lipinski definition) is 1. The molecule has 3 aromatic rings. The molecule has 1 heterocycles. The highest BCUT2D eigenvalue weighted by Crippen LogP contribution is 2.31. The van der Waals surface area contributed by atoms with Gasteiger partial charge in [0.15, 0.2) is 0 Å². The molecule has 0 fully saturated rings. The number of halogens is 1. The fourth-order valence-electron chi connectivity index (χ4n) is 3.04. The van der Waals surface area contributed by atoms with E-state index in [1.807, 2.05) is 19.1 Å². The molecule has 0 aliphatic carbocycles. The van der Waals surface area contributed by atoms with E-state index in [1.165, 1.54) is 22.7 Å². The largest absolute Gasteiger partial charge is 0.349 e. The second-order valence-corrected chi connectivity index (χ2v) is 10.9. The molecule has 2 aromatic carbocycles. The van der Waals surface area contributed by atoms with E-state index in [0.717, 1.165) is 27.4 Å². The topological polar surface area (TPSA) is 66.5 Å². The Morgan fingerprint density at radius 3 is 2.52 bits per heavy atom. The number of rotatable bonds is 7. The van der Waals surface area contributed by atoms with Gasteiger partial charge in [0.25, 0.3) is 15.9 Å². The van der Waals surface area contributed by atoms with Crippen LogP contribution in [-0.2, 0) is 10.0 Å². The Labute approximate surface area is 183 Å². The van der Waals surface area contributed by atoms with E-state index >= 15 is 0 Å². The van der Waals surface area contributed by atoms with E-state index in [-0.39, 0.29) is 16.8 Å². The Bertz CT molecular complexity index is 1120. The highest BCUT2D eigenvalue weighted by molar-refractivity contribution is 9.10. The summed E-state index contributed by atoms with van der Waals surface area (Å²) in [5.41, 5.74) is 0.546. The van der Waals surface area contributed by atoms with Crippen LogP contribution in [0.15, 0.2) is 57.9 Å². The first-order valence-electron chi connectivity index (χ1n) is 9.31. The molecule has 0 aliphatic heterocycles. The van der Waals surface area contributed by atoms with Gasteiger partial charge in [0.1, 0.15) is 0 Å². The molecule has 29 heavy (non-hydrogen) atoms. The number of amides is 1. The van der Waals surface area contributed by atoms with Gasteiger partial charge in [-0.1, -0.05) is 29.3 Å². The van der Waals surface area contributed by atoms with Crippen LogP contribution < -0.4 is 9.62 Å². The molecule has 0 radical (unpaired) electrons. The zero-order valence-electron chi connectivity index (χ0n) is 16.5. The van der Waals surface area contributed by atoms with Crippen LogP contribution in [0.5, 0.6) is 0 Å². The van der Waals surface area contributed by atoms with Crippen LogP contribution in [0.1, 0.15) is 36.4 Å². The Hall–Kier alpha value is -1.90. The quantitative estimate of drug-likeness (QED) is 0.477. The fraction of sp³-hybridized carbons (Fsp3) is 0.286. The molecular weight excluding hydrogens is 472 g/mol. The number of nitrogens with one attached hydrogen (secondary N) is 1. The summed E-state index contributed by atoms with van der Waals surface area (Å²) < 4.78 is 28.9. The summed E-state index contributed by atoms with van der Waals surface area (Å²) in [7, 11) is -2.14. The first-order chi connectivity index (χ1) is 13.7. The predicted octanol–water partition coefficient (Wildman–Crippen LogP) is 5.41. The van der Waals surface area contributed by atoms with Gasteiger partial charge in [0.05, 0.1) is 15.5 Å². The molecule has 1 aromatic heterocycles. The molecule has 0 unspecified atom stereocenters. The average molecular weight is 495 g/mol. The molecule has 0 saturated heterocycles. The number of nitrogens with zero attached hydrogens (tertiary/aromatic N) is 1. The summed E-state index contributed by atoms with van der Waals surface area (Å²) in [6.07, 6.45) is 1.94. The smallest absolute Gasteiger partial charge is 0.264 e. The van der Waals surface area contributed by atoms with E-state index in [4.69, 9.17) is 0 Å². The number of carbonyl (C=O) groups excluding carboxylic acids is 1. The van der Waals surface area contributed by atoms with Gasteiger partial charge in [-0.2, -0.15) is 0 Å². The highest BCUT2D eigenvalue weighted by atomic mass is 79.9. The van der Waals surface area contributed by atoms with Crippen molar-refractivity contribution in [2.75, 3.05) is 11.4 Å². The lowest BCUT2D eigenvalue weighted by Gasteiger charge is -2.19. The number of hydrogen-bond acceptors (Lipinski definition) is 4. The minimum atomic E-state index is -3.67. The second-order valence-electron chi connectivity index (χ2n) is 6.92. The van der Waals surface area contributed by atoms with Crippen LogP contribution in [0.3, 0.4) is 0 Å². The molecule has 1 atom stereocenters. The molecule has 0 bridgehead atoms. The first kappa shape index (κ1) is 21.8. The third-order valence-corrected chi connectivity index (χ3v) is 8.10. The van der Waals surface area contributed by atoms with Crippen molar-refractivity contribution in [3.63, 3.8) is 0 Å². The van der Waals surface area contributed by atoms with E-state index in [0.29, 0.717) is 10.6 Å². The van der Waals surface area contributed by atoms with E-state index < -0.39 is 10.0 Å². The normalized spacial score (nSPS) is 12.7. The van der Waals surface area contributed by atoms with Crippen LogP contribution in [-0.4, -0.2) is 27.4 Å². The van der Waals surface area contributed by atoms with Crippen LogP contribution >= 0.6 is 27.3 Å². The maximum absolute atomic E-state index is 12.9. The molecule has 3 rings (SSSR count). The maximum atomic E-state index is 12.9. The molecular formula is C21H23BrN2O3S2. The van der Waals surface area contributed by atoms with Gasteiger partial charge in [-0.3, -0.25) is 9.10 Å². The zero-order chi connectivity index (χ0) is 21.2. The number of sulfonamides is 1. The van der Waals surface area contributed by atoms with Gasteiger partial charge in [-0.05, 0) is 67.3 Å². The third-order valence-electron chi connectivity index (χ3n) is 4.66. The van der Waals surface area contributed by atoms with E-state index in [2.05, 4.69) is 28.2 Å². The van der Waals surface area contributed by atoms with Crippen molar-refractivity contribution in [2.45, 2.75) is 37.6 Å². The van der Waals surface area contributed by atoms with Crippen molar-refractivity contribution in [3.05, 3.63) is 57.9 Å². The summed E-state index contributed by atoms with van der Waals surface area (Å²) in [5, 5.41) is 3.85. The lowest BCUT2D eigenvalue weighted by molar-refractivity contribution is 0.0942. The molecule has 0 saturated carbocycles. The molecule has 1 amide bonds. The third kappa shape index (κ3) is 4.82. The molecule has 0 spiro atoms. The van der Waals surface area contributed by atoms with Crippen molar-refractivity contribution in [3.8, 4) is 0 Å². The summed E-state index contributed by atoms with van der Waals surface area (Å²) in [6.45, 7) is 4.08. The molecule has 154 valence electrons. The minimum Gasteiger partial charge on any atom is -0.349 e. The zero-order valence-corrected chi connectivity index (χ0v) is 19.7. The molecule has 8 heteroatoms. The van der Waals surface area contributed by atoms with Crippen molar-refractivity contribution >= 4 is 59.0 Å². The summed E-state index contributed by atoms with van der Waals surface area (Å²) in [6, 6.07) is 13.9. The van der Waals surface area contributed by atoms with Gasteiger partial charge in [-0.15, -0.1) is 11.3 Å². The van der Waals surface area contributed by atoms with Crippen LogP contribution in [0, 0.1) is 0 Å². The minimum absolute atomic E-state index is 0.0930. The van der Waals surface area contributed by atoms with Gasteiger partial charge >= 0.3 is 0 Å². The van der Waals surface area contributed by atoms with Gasteiger partial charge in [0.2, 0.25) is 0 Å². The standard InChI is InChI=1S/C21H23BrN2O3S2/c1-4-5-14(2)23-21(25)20-13-15-12-17(8-11-19(15)28-20)24(3)29(26,27)18-9-6-16(22)7-10-18/h6-14H,4-5H2,1-3H3,(H,23,25)/t14-/m0/s1. The summed E-state index contributed by atoms with van der Waals surface area (Å²) in [4.78, 5) is 13.3. The fourth-order valence-corrected chi connectivity index (χ4v) is 5.44. The number of carbonyl (C=O) groups is 1. The maximum Gasteiger partial charge on any atom is 0.264 e. The van der Waals surface area contributed by atoms with Crippen LogP contribution in [0.25, 0.3) is 10.1 Å². The van der Waals surface area contributed by atoms with Gasteiger partial charge in [-0.25, -0.2) is 8.42 Å². The predicted molar refractivity (Wildman–Crippen MR) is 123 cm³/mol. The Morgan fingerprint density at radius 1 is 1.17 bits per heavy atom. The number of fused-ring (bicyclic) bond motifs is 1. The Balaban J connectivity index is 1.87.